The summed E-state index contributed by atoms with van der Waals surface area (Å²) in [6, 6.07) is 13.6. The number of nitrogens with one attached hydrogen (secondary N) is 1. The first-order chi connectivity index (χ1) is 16.2. The minimum absolute atomic E-state index is 0.0837. The SMILES string of the molecule is CC(=O)NC1C(Oc2ccccc2S(=O)(=O)O)OC(CO)C(OC/C=C/c2ccccc2)C1O. The number of aliphatic hydroxyl groups is 2. The molecule has 1 aliphatic rings. The third-order valence-corrected chi connectivity index (χ3v) is 5.98. The van der Waals surface area contributed by atoms with Crippen LogP contribution in [0.15, 0.2) is 65.6 Å². The first kappa shape index (κ1) is 25.8. The van der Waals surface area contributed by atoms with Gasteiger partial charge in [-0.25, -0.2) is 0 Å². The van der Waals surface area contributed by atoms with Gasteiger partial charge in [-0.2, -0.15) is 8.42 Å². The van der Waals surface area contributed by atoms with Crippen molar-refractivity contribution in [1.29, 1.82) is 0 Å². The lowest BCUT2D eigenvalue weighted by atomic mass is 9.96. The van der Waals surface area contributed by atoms with E-state index in [9.17, 15) is 28.0 Å². The van der Waals surface area contributed by atoms with E-state index in [-0.39, 0.29) is 12.4 Å². The molecule has 5 unspecified atom stereocenters. The van der Waals surface area contributed by atoms with Crippen LogP contribution in [0.1, 0.15) is 12.5 Å². The van der Waals surface area contributed by atoms with E-state index in [0.29, 0.717) is 0 Å². The highest BCUT2D eigenvalue weighted by atomic mass is 32.2. The molecule has 11 heteroatoms. The zero-order valence-corrected chi connectivity index (χ0v) is 19.2. The van der Waals surface area contributed by atoms with Crippen molar-refractivity contribution in [3.05, 3.63) is 66.2 Å². The number of para-hydroxylation sites is 1. The zero-order chi connectivity index (χ0) is 24.7. The Morgan fingerprint density at radius 1 is 1.15 bits per heavy atom. The van der Waals surface area contributed by atoms with Crippen molar-refractivity contribution in [3.8, 4) is 5.75 Å². The number of carbonyl (C=O) groups is 1. The van der Waals surface area contributed by atoms with E-state index in [2.05, 4.69) is 5.32 Å². The highest BCUT2D eigenvalue weighted by Gasteiger charge is 2.47. The minimum Gasteiger partial charge on any atom is -0.461 e. The fourth-order valence-electron chi connectivity index (χ4n) is 3.56. The number of amides is 1. The molecular weight excluding hydrogens is 466 g/mol. The summed E-state index contributed by atoms with van der Waals surface area (Å²) >= 11 is 0. The van der Waals surface area contributed by atoms with Crippen molar-refractivity contribution in [2.75, 3.05) is 13.2 Å². The van der Waals surface area contributed by atoms with Crippen LogP contribution < -0.4 is 10.1 Å². The van der Waals surface area contributed by atoms with Crippen molar-refractivity contribution in [3.63, 3.8) is 0 Å². The molecule has 0 radical (unpaired) electrons. The van der Waals surface area contributed by atoms with Gasteiger partial charge in [-0.05, 0) is 17.7 Å². The molecule has 184 valence electrons. The second kappa shape index (κ2) is 11.6. The molecule has 2 aromatic carbocycles. The average Bonchev–Trinajstić information content (AvgIpc) is 2.80. The molecule has 1 amide bonds. The lowest BCUT2D eigenvalue weighted by Crippen LogP contribution is -2.66. The number of hydrogen-bond acceptors (Lipinski definition) is 8. The van der Waals surface area contributed by atoms with Crippen LogP contribution in [0, 0.1) is 0 Å². The molecule has 3 rings (SSSR count). The quantitative estimate of drug-likeness (QED) is 0.375. The molecule has 0 aliphatic carbocycles. The summed E-state index contributed by atoms with van der Waals surface area (Å²) in [5.41, 5.74) is 0.951. The first-order valence-corrected chi connectivity index (χ1v) is 11.9. The molecule has 10 nitrogen and oxygen atoms in total. The predicted octanol–water partition coefficient (Wildman–Crippen LogP) is 0.993. The number of carbonyl (C=O) groups excluding carboxylic acids is 1. The highest BCUT2D eigenvalue weighted by molar-refractivity contribution is 7.86. The molecular formula is C23H27NO9S. The number of hydrogen-bond donors (Lipinski definition) is 4. The van der Waals surface area contributed by atoms with Crippen LogP contribution in [0.4, 0.5) is 0 Å². The van der Waals surface area contributed by atoms with E-state index < -0.39 is 58.2 Å². The van der Waals surface area contributed by atoms with E-state index in [1.165, 1.54) is 25.1 Å². The van der Waals surface area contributed by atoms with Crippen molar-refractivity contribution >= 4 is 22.1 Å². The number of benzene rings is 2. The third-order valence-electron chi connectivity index (χ3n) is 5.09. The zero-order valence-electron chi connectivity index (χ0n) is 18.4. The highest BCUT2D eigenvalue weighted by Crippen LogP contribution is 2.30. The van der Waals surface area contributed by atoms with Crippen LogP contribution in [0.25, 0.3) is 6.08 Å². The lowest BCUT2D eigenvalue weighted by molar-refractivity contribution is -0.253. The Morgan fingerprint density at radius 3 is 2.47 bits per heavy atom. The molecule has 0 saturated carbocycles. The van der Waals surface area contributed by atoms with Gasteiger partial charge in [0, 0.05) is 6.92 Å². The maximum Gasteiger partial charge on any atom is 0.298 e. The van der Waals surface area contributed by atoms with E-state index in [1.807, 2.05) is 36.4 Å². The smallest absolute Gasteiger partial charge is 0.298 e. The summed E-state index contributed by atoms with van der Waals surface area (Å²) < 4.78 is 50.0. The van der Waals surface area contributed by atoms with E-state index in [1.54, 1.807) is 6.08 Å². The second-order valence-electron chi connectivity index (χ2n) is 7.59. The van der Waals surface area contributed by atoms with Gasteiger partial charge in [-0.15, -0.1) is 0 Å². The largest absolute Gasteiger partial charge is 0.461 e. The number of ether oxygens (including phenoxy) is 3. The van der Waals surface area contributed by atoms with Gasteiger partial charge < -0.3 is 29.7 Å². The topological polar surface area (TPSA) is 152 Å². The van der Waals surface area contributed by atoms with Gasteiger partial charge in [-0.3, -0.25) is 9.35 Å². The Hall–Kier alpha value is -2.80. The van der Waals surface area contributed by atoms with Crippen LogP contribution in [0.3, 0.4) is 0 Å². The Bertz CT molecular complexity index is 1090. The molecule has 0 spiro atoms. The summed E-state index contributed by atoms with van der Waals surface area (Å²) in [5, 5.41) is 23.3. The standard InChI is InChI=1S/C23H27NO9S/c1-15(26)24-20-21(27)22(31-13-7-10-16-8-3-2-4-9-16)18(14-25)33-23(20)32-17-11-5-6-12-19(17)34(28,29)30/h2-12,18,20-23,25,27H,13-14H2,1H3,(H,24,26)(H,28,29,30)/b10-7+. The predicted molar refractivity (Wildman–Crippen MR) is 121 cm³/mol. The van der Waals surface area contributed by atoms with Crippen molar-refractivity contribution in [1.82, 2.24) is 5.32 Å². The fraction of sp³-hybridized carbons (Fsp3) is 0.348. The maximum absolute atomic E-state index is 11.8. The molecule has 4 N–H and O–H groups in total. The summed E-state index contributed by atoms with van der Waals surface area (Å²) in [4.78, 5) is 11.3. The van der Waals surface area contributed by atoms with Gasteiger partial charge in [0.1, 0.15) is 35.0 Å². The minimum atomic E-state index is -4.62. The normalized spacial score (nSPS) is 25.2. The number of aliphatic hydroxyl groups excluding tert-OH is 2. The Labute approximate surface area is 197 Å². The van der Waals surface area contributed by atoms with Crippen molar-refractivity contribution in [2.24, 2.45) is 0 Å². The first-order valence-electron chi connectivity index (χ1n) is 10.5. The molecule has 2 aromatic rings. The molecule has 0 bridgehead atoms. The van der Waals surface area contributed by atoms with E-state index in [0.717, 1.165) is 11.6 Å². The Balaban J connectivity index is 1.78. The van der Waals surface area contributed by atoms with Crippen LogP contribution >= 0.6 is 0 Å². The summed E-state index contributed by atoms with van der Waals surface area (Å²) in [7, 11) is -4.62. The van der Waals surface area contributed by atoms with Gasteiger partial charge in [-0.1, -0.05) is 54.6 Å². The van der Waals surface area contributed by atoms with Gasteiger partial charge in [0.25, 0.3) is 10.1 Å². The second-order valence-corrected chi connectivity index (χ2v) is 8.98. The van der Waals surface area contributed by atoms with Gasteiger partial charge >= 0.3 is 0 Å². The van der Waals surface area contributed by atoms with Crippen LogP contribution in [0.5, 0.6) is 5.75 Å². The summed E-state index contributed by atoms with van der Waals surface area (Å²) in [6.07, 6.45) is -1.28. The molecule has 1 saturated heterocycles. The molecule has 34 heavy (non-hydrogen) atoms. The van der Waals surface area contributed by atoms with Gasteiger partial charge in [0.2, 0.25) is 12.2 Å². The van der Waals surface area contributed by atoms with Gasteiger partial charge in [0.05, 0.1) is 13.2 Å². The molecule has 5 atom stereocenters. The Kier molecular flexibility index (Phi) is 8.78. The van der Waals surface area contributed by atoms with Crippen molar-refractivity contribution < 1.29 is 42.2 Å². The van der Waals surface area contributed by atoms with Crippen molar-refractivity contribution in [2.45, 2.75) is 42.5 Å². The van der Waals surface area contributed by atoms with E-state index in [4.69, 9.17) is 14.2 Å². The van der Waals surface area contributed by atoms with Crippen LogP contribution in [-0.4, -0.2) is 72.9 Å². The Morgan fingerprint density at radius 2 is 1.82 bits per heavy atom. The summed E-state index contributed by atoms with van der Waals surface area (Å²) in [5.74, 6) is -0.756. The molecule has 1 fully saturated rings. The monoisotopic (exact) mass is 493 g/mol. The van der Waals surface area contributed by atoms with Gasteiger partial charge in [0.15, 0.2) is 0 Å². The summed E-state index contributed by atoms with van der Waals surface area (Å²) in [6.45, 7) is 0.767. The lowest BCUT2D eigenvalue weighted by Gasteiger charge is -2.43. The molecule has 1 aliphatic heterocycles. The van der Waals surface area contributed by atoms with Crippen LogP contribution in [0.2, 0.25) is 0 Å². The number of rotatable bonds is 9. The maximum atomic E-state index is 11.8. The average molecular weight is 494 g/mol. The molecule has 1 heterocycles. The third kappa shape index (κ3) is 6.63. The van der Waals surface area contributed by atoms with Crippen LogP contribution in [-0.2, 0) is 24.4 Å². The molecule has 0 aromatic heterocycles. The fourth-order valence-corrected chi connectivity index (χ4v) is 4.18. The van der Waals surface area contributed by atoms with E-state index >= 15 is 0 Å².